The summed E-state index contributed by atoms with van der Waals surface area (Å²) in [7, 11) is 0. The molecule has 0 unspecified atom stereocenters. The SMILES string of the molecule is Cc1ccc2oc(=O)c(C(=O)Nc3c(C(=O)O)cnn3-c3ccccc3)cc2c1. The Balaban J connectivity index is 1.78. The van der Waals surface area contributed by atoms with Gasteiger partial charge in [0.25, 0.3) is 5.91 Å². The Kier molecular flexibility index (Phi) is 4.44. The van der Waals surface area contributed by atoms with Crippen molar-refractivity contribution in [3.05, 3.63) is 87.9 Å². The number of carbonyl (C=O) groups excluding carboxylic acids is 1. The van der Waals surface area contributed by atoms with E-state index in [0.717, 1.165) is 11.8 Å². The molecule has 0 radical (unpaired) electrons. The normalized spacial score (nSPS) is 10.8. The van der Waals surface area contributed by atoms with Crippen LogP contribution in [0.5, 0.6) is 0 Å². The van der Waals surface area contributed by atoms with E-state index in [1.807, 2.05) is 6.92 Å². The van der Waals surface area contributed by atoms with E-state index in [9.17, 15) is 19.5 Å². The fourth-order valence-electron chi connectivity index (χ4n) is 2.97. The summed E-state index contributed by atoms with van der Waals surface area (Å²) in [6.07, 6.45) is 1.14. The number of hydrogen-bond donors (Lipinski definition) is 2. The van der Waals surface area contributed by atoms with Crippen molar-refractivity contribution >= 4 is 28.7 Å². The van der Waals surface area contributed by atoms with Crippen molar-refractivity contribution in [1.82, 2.24) is 9.78 Å². The van der Waals surface area contributed by atoms with Crippen LogP contribution in [-0.2, 0) is 0 Å². The number of aromatic nitrogens is 2. The van der Waals surface area contributed by atoms with Gasteiger partial charge in [-0.2, -0.15) is 5.10 Å². The molecule has 0 aliphatic rings. The number of para-hydroxylation sites is 1. The fraction of sp³-hybridized carbons (Fsp3) is 0.0476. The van der Waals surface area contributed by atoms with Crippen LogP contribution in [0.25, 0.3) is 16.7 Å². The maximum atomic E-state index is 12.8. The smallest absolute Gasteiger partial charge is 0.349 e. The number of carboxylic acid groups (broad SMARTS) is 1. The van der Waals surface area contributed by atoms with Crippen molar-refractivity contribution in [3.8, 4) is 5.69 Å². The summed E-state index contributed by atoms with van der Waals surface area (Å²) >= 11 is 0. The molecule has 0 aliphatic carbocycles. The number of hydrogen-bond acceptors (Lipinski definition) is 5. The molecule has 8 nitrogen and oxygen atoms in total. The highest BCUT2D eigenvalue weighted by molar-refractivity contribution is 6.08. The fourth-order valence-corrected chi connectivity index (χ4v) is 2.97. The third-order valence-corrected chi connectivity index (χ3v) is 4.36. The first-order valence-corrected chi connectivity index (χ1v) is 8.66. The molecule has 0 spiro atoms. The molecule has 0 aliphatic heterocycles. The maximum absolute atomic E-state index is 12.8. The van der Waals surface area contributed by atoms with Crippen LogP contribution in [0.2, 0.25) is 0 Å². The second-order valence-corrected chi connectivity index (χ2v) is 6.40. The molecule has 1 amide bonds. The number of anilines is 1. The zero-order chi connectivity index (χ0) is 20.5. The van der Waals surface area contributed by atoms with Gasteiger partial charge in [-0.25, -0.2) is 14.3 Å². The van der Waals surface area contributed by atoms with Gasteiger partial charge in [-0.1, -0.05) is 29.8 Å². The van der Waals surface area contributed by atoms with Crippen LogP contribution < -0.4 is 10.9 Å². The van der Waals surface area contributed by atoms with E-state index in [2.05, 4.69) is 10.4 Å². The summed E-state index contributed by atoms with van der Waals surface area (Å²) in [5, 5.41) is 16.6. The lowest BCUT2D eigenvalue weighted by Crippen LogP contribution is -2.23. The van der Waals surface area contributed by atoms with Gasteiger partial charge in [-0.05, 0) is 37.3 Å². The Morgan fingerprint density at radius 1 is 1.07 bits per heavy atom. The Hall–Kier alpha value is -4.20. The van der Waals surface area contributed by atoms with Gasteiger partial charge in [0.2, 0.25) is 0 Å². The molecule has 4 aromatic rings. The summed E-state index contributed by atoms with van der Waals surface area (Å²) in [5.74, 6) is -2.11. The first-order chi connectivity index (χ1) is 13.9. The molecule has 0 fully saturated rings. The van der Waals surface area contributed by atoms with Crippen molar-refractivity contribution in [2.45, 2.75) is 6.92 Å². The molecule has 8 heteroatoms. The molecule has 2 N–H and O–H groups in total. The second kappa shape index (κ2) is 7.08. The number of carboxylic acids is 1. The minimum absolute atomic E-state index is 0.0579. The Morgan fingerprint density at radius 2 is 1.83 bits per heavy atom. The lowest BCUT2D eigenvalue weighted by atomic mass is 10.1. The third-order valence-electron chi connectivity index (χ3n) is 4.36. The molecule has 29 heavy (non-hydrogen) atoms. The summed E-state index contributed by atoms with van der Waals surface area (Å²) in [6, 6.07) is 15.4. The van der Waals surface area contributed by atoms with Gasteiger partial charge in [-0.15, -0.1) is 0 Å². The summed E-state index contributed by atoms with van der Waals surface area (Å²) < 4.78 is 6.51. The molecule has 0 atom stereocenters. The predicted molar refractivity (Wildman–Crippen MR) is 106 cm³/mol. The first kappa shape index (κ1) is 18.2. The molecule has 2 aromatic heterocycles. The maximum Gasteiger partial charge on any atom is 0.349 e. The van der Waals surface area contributed by atoms with Crippen LogP contribution in [0.15, 0.2) is 70.0 Å². The zero-order valence-corrected chi connectivity index (χ0v) is 15.2. The lowest BCUT2D eigenvalue weighted by Gasteiger charge is -2.10. The van der Waals surface area contributed by atoms with Crippen molar-refractivity contribution < 1.29 is 19.1 Å². The van der Waals surface area contributed by atoms with E-state index < -0.39 is 17.5 Å². The molecule has 2 heterocycles. The minimum atomic E-state index is -1.26. The summed E-state index contributed by atoms with van der Waals surface area (Å²) in [6.45, 7) is 1.88. The van der Waals surface area contributed by atoms with Crippen LogP contribution >= 0.6 is 0 Å². The van der Waals surface area contributed by atoms with Crippen LogP contribution in [0.4, 0.5) is 5.82 Å². The Labute approximate surface area is 164 Å². The zero-order valence-electron chi connectivity index (χ0n) is 15.2. The first-order valence-electron chi connectivity index (χ1n) is 8.66. The summed E-state index contributed by atoms with van der Waals surface area (Å²) in [5.41, 5.74) is 0.590. The molecule has 0 saturated carbocycles. The quantitative estimate of drug-likeness (QED) is 0.518. The average Bonchev–Trinajstić information content (AvgIpc) is 3.12. The van der Waals surface area contributed by atoms with Gasteiger partial charge in [0.1, 0.15) is 16.7 Å². The summed E-state index contributed by atoms with van der Waals surface area (Å²) in [4.78, 5) is 36.7. The van der Waals surface area contributed by atoms with E-state index in [1.54, 1.807) is 48.5 Å². The van der Waals surface area contributed by atoms with E-state index >= 15 is 0 Å². The highest BCUT2D eigenvalue weighted by Crippen LogP contribution is 2.22. The van der Waals surface area contributed by atoms with Crippen molar-refractivity contribution in [1.29, 1.82) is 0 Å². The van der Waals surface area contributed by atoms with Gasteiger partial charge in [0.05, 0.1) is 11.9 Å². The van der Waals surface area contributed by atoms with E-state index in [0.29, 0.717) is 16.7 Å². The van der Waals surface area contributed by atoms with Gasteiger partial charge in [-0.3, -0.25) is 4.79 Å². The van der Waals surface area contributed by atoms with E-state index in [1.165, 1.54) is 10.7 Å². The second-order valence-electron chi connectivity index (χ2n) is 6.40. The van der Waals surface area contributed by atoms with Gasteiger partial charge in [0, 0.05) is 5.39 Å². The number of amides is 1. The molecule has 2 aromatic carbocycles. The van der Waals surface area contributed by atoms with Crippen LogP contribution in [-0.4, -0.2) is 26.8 Å². The number of benzene rings is 2. The Bertz CT molecular complexity index is 1310. The number of nitrogens with one attached hydrogen (secondary N) is 1. The number of carbonyl (C=O) groups is 2. The lowest BCUT2D eigenvalue weighted by molar-refractivity contribution is 0.0698. The minimum Gasteiger partial charge on any atom is -0.477 e. The highest BCUT2D eigenvalue weighted by Gasteiger charge is 2.22. The molecular weight excluding hydrogens is 374 g/mol. The molecular formula is C21H15N3O5. The van der Waals surface area contributed by atoms with Gasteiger partial charge in [0.15, 0.2) is 5.82 Å². The van der Waals surface area contributed by atoms with Crippen LogP contribution in [0, 0.1) is 6.92 Å². The molecule has 144 valence electrons. The Morgan fingerprint density at radius 3 is 2.55 bits per heavy atom. The highest BCUT2D eigenvalue weighted by atomic mass is 16.4. The van der Waals surface area contributed by atoms with Crippen LogP contribution in [0.3, 0.4) is 0 Å². The number of aromatic carboxylic acids is 1. The third kappa shape index (κ3) is 3.39. The number of fused-ring (bicyclic) bond motifs is 1. The van der Waals surface area contributed by atoms with Crippen molar-refractivity contribution in [2.75, 3.05) is 5.32 Å². The number of rotatable bonds is 4. The topological polar surface area (TPSA) is 114 Å². The number of aryl methyl sites for hydroxylation is 1. The average molecular weight is 389 g/mol. The molecule has 4 rings (SSSR count). The van der Waals surface area contributed by atoms with E-state index in [4.69, 9.17) is 4.42 Å². The predicted octanol–water partition coefficient (Wildman–Crippen LogP) is 3.24. The molecule has 0 saturated heterocycles. The number of nitrogens with zero attached hydrogens (tertiary/aromatic N) is 2. The largest absolute Gasteiger partial charge is 0.477 e. The standard InChI is InChI=1S/C21H15N3O5/c1-12-7-8-17-13(9-12)10-15(21(28)29-17)19(25)23-18-16(20(26)27)11-22-24(18)14-5-3-2-4-6-14/h2-11H,1H3,(H,23,25)(H,26,27). The van der Waals surface area contributed by atoms with E-state index in [-0.39, 0.29) is 16.9 Å². The molecule has 0 bridgehead atoms. The van der Waals surface area contributed by atoms with Gasteiger partial charge < -0.3 is 14.8 Å². The monoisotopic (exact) mass is 389 g/mol. The van der Waals surface area contributed by atoms with Gasteiger partial charge >= 0.3 is 11.6 Å². The van der Waals surface area contributed by atoms with Crippen LogP contribution in [0.1, 0.15) is 26.3 Å². The van der Waals surface area contributed by atoms with Crippen molar-refractivity contribution in [2.24, 2.45) is 0 Å². The van der Waals surface area contributed by atoms with Crippen molar-refractivity contribution in [3.63, 3.8) is 0 Å².